The van der Waals surface area contributed by atoms with Crippen molar-refractivity contribution in [2.45, 2.75) is 13.0 Å². The van der Waals surface area contributed by atoms with Gasteiger partial charge >= 0.3 is 5.97 Å². The second-order valence-electron chi connectivity index (χ2n) is 5.52. The van der Waals surface area contributed by atoms with Crippen LogP contribution in [0, 0.1) is 0 Å². The molecule has 2 aromatic rings. The van der Waals surface area contributed by atoms with Gasteiger partial charge in [0, 0.05) is 16.1 Å². The van der Waals surface area contributed by atoms with Crippen molar-refractivity contribution in [1.29, 1.82) is 0 Å². The summed E-state index contributed by atoms with van der Waals surface area (Å²) >= 11 is 3.37. The third-order valence-electron chi connectivity index (χ3n) is 3.63. The molecule has 2 aromatic carbocycles. The highest BCUT2D eigenvalue weighted by Gasteiger charge is 2.11. The molecule has 2 rings (SSSR count). The standard InChI is InChI=1S/C20H20BrNO4/c1-14(15-7-10-17(21)11-8-15)22-19(23)13-26-20(24)12-9-16-5-3-4-6-18(16)25-2/h3-12,14H,13H2,1-2H3,(H,22,23)/b12-9+/t14-/m0/s1. The Kier molecular flexibility index (Phi) is 7.41. The van der Waals surface area contributed by atoms with E-state index in [9.17, 15) is 9.59 Å². The van der Waals surface area contributed by atoms with E-state index in [4.69, 9.17) is 9.47 Å². The summed E-state index contributed by atoms with van der Waals surface area (Å²) in [4.78, 5) is 23.7. The molecule has 0 saturated heterocycles. The van der Waals surface area contributed by atoms with Gasteiger partial charge in [0.1, 0.15) is 5.75 Å². The van der Waals surface area contributed by atoms with Crippen molar-refractivity contribution < 1.29 is 19.1 Å². The summed E-state index contributed by atoms with van der Waals surface area (Å²) in [5.41, 5.74) is 1.71. The quantitative estimate of drug-likeness (QED) is 0.548. The van der Waals surface area contributed by atoms with E-state index in [-0.39, 0.29) is 18.6 Å². The van der Waals surface area contributed by atoms with Gasteiger partial charge in [0.05, 0.1) is 13.2 Å². The maximum absolute atomic E-state index is 11.9. The minimum Gasteiger partial charge on any atom is -0.496 e. The molecule has 136 valence electrons. The Bertz CT molecular complexity index is 787. The smallest absolute Gasteiger partial charge is 0.331 e. The molecule has 26 heavy (non-hydrogen) atoms. The van der Waals surface area contributed by atoms with Gasteiger partial charge in [-0.1, -0.05) is 46.3 Å². The largest absolute Gasteiger partial charge is 0.496 e. The lowest BCUT2D eigenvalue weighted by molar-refractivity contribution is -0.144. The van der Waals surface area contributed by atoms with E-state index in [2.05, 4.69) is 21.2 Å². The van der Waals surface area contributed by atoms with Crippen molar-refractivity contribution >= 4 is 33.9 Å². The van der Waals surface area contributed by atoms with Crippen LogP contribution in [0.25, 0.3) is 6.08 Å². The Morgan fingerprint density at radius 3 is 2.54 bits per heavy atom. The molecule has 0 radical (unpaired) electrons. The van der Waals surface area contributed by atoms with Gasteiger partial charge in [-0.2, -0.15) is 0 Å². The van der Waals surface area contributed by atoms with E-state index in [0.29, 0.717) is 5.75 Å². The van der Waals surface area contributed by atoms with Crippen molar-refractivity contribution in [3.8, 4) is 5.75 Å². The number of nitrogens with one attached hydrogen (secondary N) is 1. The number of ether oxygens (including phenoxy) is 2. The summed E-state index contributed by atoms with van der Waals surface area (Å²) in [6, 6.07) is 14.7. The zero-order valence-corrected chi connectivity index (χ0v) is 16.2. The number of hydrogen-bond donors (Lipinski definition) is 1. The number of rotatable bonds is 7. The lowest BCUT2D eigenvalue weighted by Crippen LogP contribution is -2.30. The molecular formula is C20H20BrNO4. The number of carbonyl (C=O) groups is 2. The van der Waals surface area contributed by atoms with Crippen molar-refractivity contribution in [2.75, 3.05) is 13.7 Å². The van der Waals surface area contributed by atoms with E-state index in [1.54, 1.807) is 19.3 Å². The SMILES string of the molecule is COc1ccccc1/C=C/C(=O)OCC(=O)N[C@@H](C)c1ccc(Br)cc1. The summed E-state index contributed by atoms with van der Waals surface area (Å²) in [5, 5.41) is 2.79. The van der Waals surface area contributed by atoms with Gasteiger partial charge < -0.3 is 14.8 Å². The van der Waals surface area contributed by atoms with Crippen molar-refractivity contribution in [3.05, 3.63) is 70.2 Å². The molecule has 1 amide bonds. The zero-order valence-electron chi connectivity index (χ0n) is 14.6. The van der Waals surface area contributed by atoms with Crippen LogP contribution in [0.5, 0.6) is 5.75 Å². The Hall–Kier alpha value is -2.60. The fourth-order valence-electron chi connectivity index (χ4n) is 2.26. The summed E-state index contributed by atoms with van der Waals surface area (Å²) < 4.78 is 11.1. The average Bonchev–Trinajstić information content (AvgIpc) is 2.65. The number of carbonyl (C=O) groups excluding carboxylic acids is 2. The molecular weight excluding hydrogens is 398 g/mol. The highest BCUT2D eigenvalue weighted by molar-refractivity contribution is 9.10. The summed E-state index contributed by atoms with van der Waals surface area (Å²) in [7, 11) is 1.56. The van der Waals surface area contributed by atoms with Gasteiger partial charge in [0.25, 0.3) is 5.91 Å². The Morgan fingerprint density at radius 2 is 1.85 bits per heavy atom. The minimum absolute atomic E-state index is 0.182. The molecule has 6 heteroatoms. The first-order valence-electron chi connectivity index (χ1n) is 8.02. The number of para-hydroxylation sites is 1. The Morgan fingerprint density at radius 1 is 1.15 bits per heavy atom. The molecule has 0 bridgehead atoms. The molecule has 0 aliphatic heterocycles. The molecule has 0 heterocycles. The van der Waals surface area contributed by atoms with Crippen LogP contribution >= 0.6 is 15.9 Å². The number of amides is 1. The number of methoxy groups -OCH3 is 1. The number of hydrogen-bond acceptors (Lipinski definition) is 4. The van der Waals surface area contributed by atoms with Crippen LogP contribution in [0.3, 0.4) is 0 Å². The molecule has 1 atom stereocenters. The first-order valence-corrected chi connectivity index (χ1v) is 8.81. The predicted molar refractivity (Wildman–Crippen MR) is 104 cm³/mol. The molecule has 0 fully saturated rings. The van der Waals surface area contributed by atoms with Crippen LogP contribution < -0.4 is 10.1 Å². The van der Waals surface area contributed by atoms with Crippen LogP contribution in [0.2, 0.25) is 0 Å². The van der Waals surface area contributed by atoms with Gasteiger partial charge in [-0.25, -0.2) is 4.79 Å². The fraction of sp³-hybridized carbons (Fsp3) is 0.200. The maximum atomic E-state index is 11.9. The average molecular weight is 418 g/mol. The van der Waals surface area contributed by atoms with E-state index >= 15 is 0 Å². The van der Waals surface area contributed by atoms with E-state index in [1.165, 1.54) is 6.08 Å². The van der Waals surface area contributed by atoms with Crippen LogP contribution in [0.15, 0.2) is 59.1 Å². The zero-order chi connectivity index (χ0) is 18.9. The van der Waals surface area contributed by atoms with Gasteiger partial charge in [-0.3, -0.25) is 4.79 Å². The van der Waals surface area contributed by atoms with Crippen LogP contribution in [-0.4, -0.2) is 25.6 Å². The lowest BCUT2D eigenvalue weighted by Gasteiger charge is -2.14. The van der Waals surface area contributed by atoms with E-state index in [1.807, 2.05) is 49.4 Å². The highest BCUT2D eigenvalue weighted by Crippen LogP contribution is 2.18. The highest BCUT2D eigenvalue weighted by atomic mass is 79.9. The molecule has 0 spiro atoms. The number of benzene rings is 2. The predicted octanol–water partition coefficient (Wildman–Crippen LogP) is 3.89. The molecule has 0 unspecified atom stereocenters. The summed E-state index contributed by atoms with van der Waals surface area (Å²) in [5.74, 6) is -0.306. The second kappa shape index (κ2) is 9.77. The van der Waals surface area contributed by atoms with Gasteiger partial charge in [0.2, 0.25) is 0 Å². The van der Waals surface area contributed by atoms with Crippen LogP contribution in [0.4, 0.5) is 0 Å². The first-order chi connectivity index (χ1) is 12.5. The monoisotopic (exact) mass is 417 g/mol. The van der Waals surface area contributed by atoms with Crippen molar-refractivity contribution in [1.82, 2.24) is 5.32 Å². The normalized spacial score (nSPS) is 11.8. The molecule has 0 aliphatic rings. The fourth-order valence-corrected chi connectivity index (χ4v) is 2.53. The van der Waals surface area contributed by atoms with Crippen molar-refractivity contribution in [2.24, 2.45) is 0 Å². The van der Waals surface area contributed by atoms with Crippen LogP contribution in [0.1, 0.15) is 24.1 Å². The number of esters is 1. The first kappa shape index (κ1) is 19.7. The minimum atomic E-state index is -0.595. The maximum Gasteiger partial charge on any atom is 0.331 e. The van der Waals surface area contributed by atoms with Crippen molar-refractivity contribution in [3.63, 3.8) is 0 Å². The molecule has 0 saturated carbocycles. The van der Waals surface area contributed by atoms with Gasteiger partial charge in [-0.15, -0.1) is 0 Å². The topological polar surface area (TPSA) is 64.6 Å². The summed E-state index contributed by atoms with van der Waals surface area (Å²) in [6.07, 6.45) is 2.85. The van der Waals surface area contributed by atoms with E-state index in [0.717, 1.165) is 15.6 Å². The Balaban J connectivity index is 1.82. The third-order valence-corrected chi connectivity index (χ3v) is 4.16. The molecule has 1 N–H and O–H groups in total. The molecule has 5 nitrogen and oxygen atoms in total. The Labute approximate surface area is 161 Å². The molecule has 0 aliphatic carbocycles. The molecule has 0 aromatic heterocycles. The summed E-state index contributed by atoms with van der Waals surface area (Å²) in [6.45, 7) is 1.53. The van der Waals surface area contributed by atoms with Gasteiger partial charge in [0.15, 0.2) is 6.61 Å². The second-order valence-corrected chi connectivity index (χ2v) is 6.44. The number of halogens is 1. The van der Waals surface area contributed by atoms with E-state index < -0.39 is 5.97 Å². The third kappa shape index (κ3) is 6.04. The van der Waals surface area contributed by atoms with Gasteiger partial charge in [-0.05, 0) is 36.8 Å². The lowest BCUT2D eigenvalue weighted by atomic mass is 10.1. The van der Waals surface area contributed by atoms with Crippen LogP contribution in [-0.2, 0) is 14.3 Å².